The second-order valence-electron chi connectivity index (χ2n) is 7.54. The molecule has 3 aromatic rings. The van der Waals surface area contributed by atoms with Gasteiger partial charge in [0, 0.05) is 5.02 Å². The Morgan fingerprint density at radius 2 is 1.85 bits per heavy atom. The highest BCUT2D eigenvalue weighted by Gasteiger charge is 2.29. The number of hydrazone groups is 1. The van der Waals surface area contributed by atoms with Gasteiger partial charge in [-0.15, -0.1) is 0 Å². The molecule has 0 bridgehead atoms. The number of benzene rings is 3. The van der Waals surface area contributed by atoms with Gasteiger partial charge < -0.3 is 14.6 Å². The van der Waals surface area contributed by atoms with E-state index in [0.29, 0.717) is 40.1 Å². The fraction of sp³-hybridized carbons (Fsp3) is 0.115. The first-order valence-electron chi connectivity index (χ1n) is 10.4. The average molecular weight is 477 g/mol. The summed E-state index contributed by atoms with van der Waals surface area (Å²) in [5.41, 5.74) is 3.08. The lowest BCUT2D eigenvalue weighted by Gasteiger charge is -2.13. The number of methoxy groups -OCH3 is 1. The van der Waals surface area contributed by atoms with E-state index in [1.165, 1.54) is 17.1 Å². The molecule has 0 aromatic heterocycles. The number of hydrogen-bond donors (Lipinski definition) is 1. The molecular weight excluding hydrogens is 456 g/mol. The van der Waals surface area contributed by atoms with Crippen LogP contribution in [0.15, 0.2) is 77.4 Å². The molecule has 3 aromatic carbocycles. The normalized spacial score (nSPS) is 14.3. The lowest BCUT2D eigenvalue weighted by molar-refractivity contribution is -0.114. The first kappa shape index (κ1) is 23.1. The Balaban J connectivity index is 1.54. The van der Waals surface area contributed by atoms with Crippen LogP contribution in [0.2, 0.25) is 5.02 Å². The SMILES string of the molecule is COc1cc(/C=C2\C(=O)N(c3cccc(C(=O)O)c3)N=C2C)ccc1OCc1ccc(Cl)cc1. The van der Waals surface area contributed by atoms with Crippen LogP contribution in [0.1, 0.15) is 28.4 Å². The van der Waals surface area contributed by atoms with Crippen molar-refractivity contribution in [1.29, 1.82) is 0 Å². The van der Waals surface area contributed by atoms with Gasteiger partial charge >= 0.3 is 5.97 Å². The standard InChI is InChI=1S/C26H21ClN2O5/c1-16-22(25(30)29(28-16)21-5-3-4-19(14-21)26(31)32)12-18-8-11-23(24(13-18)33-2)34-15-17-6-9-20(27)10-7-17/h3-14H,15H2,1-2H3,(H,31,32)/b22-12-. The maximum absolute atomic E-state index is 13.0. The fourth-order valence-corrected chi connectivity index (χ4v) is 3.56. The predicted molar refractivity (Wildman–Crippen MR) is 131 cm³/mol. The Hall–Kier alpha value is -4.10. The second-order valence-corrected chi connectivity index (χ2v) is 7.98. The fourth-order valence-electron chi connectivity index (χ4n) is 3.43. The van der Waals surface area contributed by atoms with Crippen molar-refractivity contribution in [2.75, 3.05) is 12.1 Å². The minimum atomic E-state index is -1.07. The third-order valence-electron chi connectivity index (χ3n) is 5.21. The van der Waals surface area contributed by atoms with Gasteiger partial charge in [-0.3, -0.25) is 4.79 Å². The highest BCUT2D eigenvalue weighted by Crippen LogP contribution is 2.31. The molecule has 0 saturated carbocycles. The molecule has 0 spiro atoms. The van der Waals surface area contributed by atoms with E-state index in [0.717, 1.165) is 11.1 Å². The Bertz CT molecular complexity index is 1320. The summed E-state index contributed by atoms with van der Waals surface area (Å²) in [4.78, 5) is 24.3. The molecule has 172 valence electrons. The van der Waals surface area contributed by atoms with Crippen molar-refractivity contribution in [3.63, 3.8) is 0 Å². The van der Waals surface area contributed by atoms with Crippen molar-refractivity contribution < 1.29 is 24.2 Å². The Morgan fingerprint density at radius 1 is 1.09 bits per heavy atom. The number of carboxylic acid groups (broad SMARTS) is 1. The number of rotatable bonds is 7. The lowest BCUT2D eigenvalue weighted by Crippen LogP contribution is -2.21. The quantitative estimate of drug-likeness (QED) is 0.459. The number of ether oxygens (including phenoxy) is 2. The van der Waals surface area contributed by atoms with Crippen LogP contribution in [-0.2, 0) is 11.4 Å². The zero-order valence-electron chi connectivity index (χ0n) is 18.5. The van der Waals surface area contributed by atoms with Crippen molar-refractivity contribution >= 4 is 41.0 Å². The molecule has 1 heterocycles. The van der Waals surface area contributed by atoms with Crippen molar-refractivity contribution in [3.05, 3.63) is 94.0 Å². The molecule has 34 heavy (non-hydrogen) atoms. The van der Waals surface area contributed by atoms with Gasteiger partial charge in [0.05, 0.1) is 29.6 Å². The van der Waals surface area contributed by atoms with E-state index < -0.39 is 5.97 Å². The summed E-state index contributed by atoms with van der Waals surface area (Å²) in [6, 6.07) is 18.8. The van der Waals surface area contributed by atoms with Crippen molar-refractivity contribution in [3.8, 4) is 11.5 Å². The van der Waals surface area contributed by atoms with Crippen molar-refractivity contribution in [2.24, 2.45) is 5.10 Å². The largest absolute Gasteiger partial charge is 0.493 e. The number of anilines is 1. The van der Waals surface area contributed by atoms with Gasteiger partial charge in [0.1, 0.15) is 6.61 Å². The molecule has 8 heteroatoms. The van der Waals surface area contributed by atoms with Gasteiger partial charge in [-0.05, 0) is 66.6 Å². The van der Waals surface area contributed by atoms with Crippen LogP contribution in [0.4, 0.5) is 5.69 Å². The van der Waals surface area contributed by atoms with Crippen molar-refractivity contribution in [2.45, 2.75) is 13.5 Å². The molecule has 0 saturated heterocycles. The zero-order valence-corrected chi connectivity index (χ0v) is 19.2. The zero-order chi connectivity index (χ0) is 24.2. The van der Waals surface area contributed by atoms with E-state index in [-0.39, 0.29) is 11.5 Å². The topological polar surface area (TPSA) is 88.4 Å². The van der Waals surface area contributed by atoms with Crippen molar-refractivity contribution in [1.82, 2.24) is 0 Å². The summed E-state index contributed by atoms with van der Waals surface area (Å²) >= 11 is 5.92. The third kappa shape index (κ3) is 4.94. The first-order valence-corrected chi connectivity index (χ1v) is 10.7. The lowest BCUT2D eigenvalue weighted by atomic mass is 10.1. The molecule has 0 unspecified atom stereocenters. The molecule has 0 radical (unpaired) electrons. The number of halogens is 1. The van der Waals surface area contributed by atoms with Gasteiger partial charge in [0.15, 0.2) is 11.5 Å². The highest BCUT2D eigenvalue weighted by molar-refractivity contribution is 6.32. The molecule has 0 aliphatic carbocycles. The summed E-state index contributed by atoms with van der Waals surface area (Å²) in [5, 5.41) is 15.4. The molecule has 0 atom stereocenters. The number of carbonyl (C=O) groups is 2. The smallest absolute Gasteiger partial charge is 0.335 e. The van der Waals surface area contributed by atoms with Crippen LogP contribution in [0.3, 0.4) is 0 Å². The van der Waals surface area contributed by atoms with Crippen LogP contribution in [0, 0.1) is 0 Å². The number of hydrogen-bond acceptors (Lipinski definition) is 5. The molecule has 7 nitrogen and oxygen atoms in total. The number of carbonyl (C=O) groups excluding carboxylic acids is 1. The molecule has 1 N–H and O–H groups in total. The van der Waals surface area contributed by atoms with E-state index in [9.17, 15) is 14.7 Å². The van der Waals surface area contributed by atoms with Crippen LogP contribution in [-0.4, -0.2) is 29.8 Å². The first-order chi connectivity index (χ1) is 16.4. The van der Waals surface area contributed by atoms with E-state index in [1.807, 2.05) is 18.2 Å². The van der Waals surface area contributed by atoms with Gasteiger partial charge in [-0.2, -0.15) is 10.1 Å². The molecule has 1 amide bonds. The molecule has 1 aliphatic rings. The Kier molecular flexibility index (Phi) is 6.65. The van der Waals surface area contributed by atoms with Crippen LogP contribution in [0.25, 0.3) is 6.08 Å². The van der Waals surface area contributed by atoms with Gasteiger partial charge in [-0.1, -0.05) is 35.9 Å². The second kappa shape index (κ2) is 9.80. The summed E-state index contributed by atoms with van der Waals surface area (Å²) in [6.45, 7) is 2.08. The maximum Gasteiger partial charge on any atom is 0.335 e. The Labute approximate surface area is 201 Å². The minimum Gasteiger partial charge on any atom is -0.493 e. The average Bonchev–Trinajstić information content (AvgIpc) is 3.12. The van der Waals surface area contributed by atoms with Gasteiger partial charge in [0.25, 0.3) is 5.91 Å². The Morgan fingerprint density at radius 3 is 2.56 bits per heavy atom. The summed E-state index contributed by atoms with van der Waals surface area (Å²) in [6.07, 6.45) is 1.72. The summed E-state index contributed by atoms with van der Waals surface area (Å²) in [7, 11) is 1.55. The molecule has 0 fully saturated rings. The number of amides is 1. The van der Waals surface area contributed by atoms with E-state index in [4.69, 9.17) is 21.1 Å². The van der Waals surface area contributed by atoms with Gasteiger partial charge in [0.2, 0.25) is 0 Å². The minimum absolute atomic E-state index is 0.0782. The number of aromatic carboxylic acids is 1. The monoisotopic (exact) mass is 476 g/mol. The van der Waals surface area contributed by atoms with Crippen LogP contribution in [0.5, 0.6) is 11.5 Å². The summed E-state index contributed by atoms with van der Waals surface area (Å²) < 4.78 is 11.4. The maximum atomic E-state index is 13.0. The number of carboxylic acids is 1. The van der Waals surface area contributed by atoms with E-state index >= 15 is 0 Å². The molecule has 1 aliphatic heterocycles. The molecular formula is C26H21ClN2O5. The van der Waals surface area contributed by atoms with E-state index in [1.54, 1.807) is 56.5 Å². The predicted octanol–water partition coefficient (Wildman–Crippen LogP) is 5.43. The van der Waals surface area contributed by atoms with Gasteiger partial charge in [-0.25, -0.2) is 4.79 Å². The van der Waals surface area contributed by atoms with E-state index in [2.05, 4.69) is 5.10 Å². The van der Waals surface area contributed by atoms with Crippen LogP contribution >= 0.6 is 11.6 Å². The third-order valence-corrected chi connectivity index (χ3v) is 5.46. The number of nitrogens with zero attached hydrogens (tertiary/aromatic N) is 2. The molecule has 4 rings (SSSR count). The van der Waals surface area contributed by atoms with Crippen LogP contribution < -0.4 is 14.5 Å². The highest BCUT2D eigenvalue weighted by atomic mass is 35.5. The summed E-state index contributed by atoms with van der Waals surface area (Å²) in [5.74, 6) is -0.332.